The lowest BCUT2D eigenvalue weighted by Crippen LogP contribution is -2.21. The molecule has 0 saturated carbocycles. The smallest absolute Gasteiger partial charge is 0.387 e. The number of ether oxygens (including phenoxy) is 3. The van der Waals surface area contributed by atoms with Crippen LogP contribution in [0.15, 0.2) is 48.5 Å². The highest BCUT2D eigenvalue weighted by molar-refractivity contribution is 5.97. The van der Waals surface area contributed by atoms with Crippen LogP contribution in [0.2, 0.25) is 0 Å². The third-order valence-corrected chi connectivity index (χ3v) is 3.80. The molecule has 9 heteroatoms. The van der Waals surface area contributed by atoms with E-state index < -0.39 is 31.1 Å². The first-order valence-corrected chi connectivity index (χ1v) is 8.67. The number of methoxy groups -OCH3 is 1. The number of halogens is 2. The van der Waals surface area contributed by atoms with Gasteiger partial charge in [0.15, 0.2) is 6.61 Å². The summed E-state index contributed by atoms with van der Waals surface area (Å²) in [6, 6.07) is 10.3. The number of hydrogen-bond acceptors (Lipinski definition) is 6. The maximum absolute atomic E-state index is 12.1. The molecule has 0 aliphatic carbocycles. The second kappa shape index (κ2) is 10.7. The van der Waals surface area contributed by atoms with Crippen molar-refractivity contribution in [1.29, 1.82) is 0 Å². The number of alkyl halides is 2. The maximum atomic E-state index is 12.1. The first-order valence-electron chi connectivity index (χ1n) is 8.67. The van der Waals surface area contributed by atoms with Gasteiger partial charge in [-0.25, -0.2) is 9.59 Å². The first-order chi connectivity index (χ1) is 14.3. The third kappa shape index (κ3) is 7.01. The lowest BCUT2D eigenvalue weighted by atomic mass is 10.1. The van der Waals surface area contributed by atoms with E-state index in [1.54, 1.807) is 19.1 Å². The van der Waals surface area contributed by atoms with E-state index in [-0.39, 0.29) is 11.3 Å². The summed E-state index contributed by atoms with van der Waals surface area (Å²) in [5.74, 6) is -1.91. The van der Waals surface area contributed by atoms with Gasteiger partial charge in [0.1, 0.15) is 5.75 Å². The van der Waals surface area contributed by atoms with Gasteiger partial charge in [0.05, 0.1) is 12.7 Å². The molecule has 30 heavy (non-hydrogen) atoms. The molecule has 0 spiro atoms. The van der Waals surface area contributed by atoms with E-state index in [2.05, 4.69) is 14.8 Å². The van der Waals surface area contributed by atoms with Gasteiger partial charge in [-0.3, -0.25) is 4.79 Å². The number of rotatable bonds is 8. The third-order valence-electron chi connectivity index (χ3n) is 3.80. The normalized spacial score (nSPS) is 10.7. The standard InChI is InChI=1S/C21H19F2NO6/c1-13-3-7-15(20(27)28-2)11-17(13)24-18(25)12-29-19(26)10-6-14-4-8-16(9-5-14)30-21(22)23/h3-11,21H,12H2,1-2H3,(H,24,25)/b10-6+. The first kappa shape index (κ1) is 22.5. The topological polar surface area (TPSA) is 90.9 Å². The summed E-state index contributed by atoms with van der Waals surface area (Å²) in [6.45, 7) is -1.71. The second-order valence-corrected chi connectivity index (χ2v) is 5.96. The molecule has 1 amide bonds. The van der Waals surface area contributed by atoms with E-state index in [1.165, 1.54) is 43.5 Å². The van der Waals surface area contributed by atoms with Crippen LogP contribution >= 0.6 is 0 Å². The molecular formula is C21H19F2NO6. The Bertz CT molecular complexity index is 941. The Kier molecular flexibility index (Phi) is 8.04. The zero-order chi connectivity index (χ0) is 22.1. The summed E-state index contributed by atoms with van der Waals surface area (Å²) in [6.07, 6.45) is 2.50. The summed E-state index contributed by atoms with van der Waals surface area (Å²) in [5.41, 5.74) is 1.92. The number of anilines is 1. The molecule has 2 aromatic carbocycles. The van der Waals surface area contributed by atoms with Crippen LogP contribution in [0.4, 0.5) is 14.5 Å². The minimum absolute atomic E-state index is 0.00652. The summed E-state index contributed by atoms with van der Waals surface area (Å²) < 4.78 is 37.9. The van der Waals surface area contributed by atoms with Gasteiger partial charge in [-0.05, 0) is 48.4 Å². The number of esters is 2. The lowest BCUT2D eigenvalue weighted by Gasteiger charge is -2.10. The van der Waals surface area contributed by atoms with Crippen molar-refractivity contribution in [1.82, 2.24) is 0 Å². The number of carbonyl (C=O) groups excluding carboxylic acids is 3. The van der Waals surface area contributed by atoms with Crippen LogP contribution in [0.3, 0.4) is 0 Å². The highest BCUT2D eigenvalue weighted by Crippen LogP contribution is 2.18. The van der Waals surface area contributed by atoms with Crippen LogP contribution in [0, 0.1) is 6.92 Å². The summed E-state index contributed by atoms with van der Waals surface area (Å²) >= 11 is 0. The number of amides is 1. The molecule has 0 aliphatic rings. The van der Waals surface area contributed by atoms with Gasteiger partial charge >= 0.3 is 18.6 Å². The minimum Gasteiger partial charge on any atom is -0.465 e. The number of aryl methyl sites for hydroxylation is 1. The van der Waals surface area contributed by atoms with Crippen molar-refractivity contribution in [3.05, 3.63) is 65.2 Å². The van der Waals surface area contributed by atoms with E-state index in [1.807, 2.05) is 0 Å². The van der Waals surface area contributed by atoms with Crippen molar-refractivity contribution in [3.63, 3.8) is 0 Å². The zero-order valence-corrected chi connectivity index (χ0v) is 16.2. The second-order valence-electron chi connectivity index (χ2n) is 5.96. The van der Waals surface area contributed by atoms with Crippen LogP contribution in [0.25, 0.3) is 6.08 Å². The van der Waals surface area contributed by atoms with Crippen molar-refractivity contribution in [3.8, 4) is 5.75 Å². The maximum Gasteiger partial charge on any atom is 0.387 e. The van der Waals surface area contributed by atoms with Crippen molar-refractivity contribution >= 4 is 29.6 Å². The van der Waals surface area contributed by atoms with Crippen molar-refractivity contribution in [2.45, 2.75) is 13.5 Å². The van der Waals surface area contributed by atoms with Crippen LogP contribution in [0.1, 0.15) is 21.5 Å². The Morgan fingerprint density at radius 3 is 2.43 bits per heavy atom. The number of hydrogen-bond donors (Lipinski definition) is 1. The van der Waals surface area contributed by atoms with E-state index in [0.29, 0.717) is 16.8 Å². The molecule has 7 nitrogen and oxygen atoms in total. The van der Waals surface area contributed by atoms with Gasteiger partial charge in [0.2, 0.25) is 0 Å². The van der Waals surface area contributed by atoms with Crippen LogP contribution in [-0.4, -0.2) is 38.2 Å². The molecule has 158 valence electrons. The molecule has 0 bridgehead atoms. The summed E-state index contributed by atoms with van der Waals surface area (Å²) in [4.78, 5) is 35.4. The molecule has 2 rings (SSSR count). The monoisotopic (exact) mass is 419 g/mol. The minimum atomic E-state index is -2.92. The molecule has 2 aromatic rings. The Morgan fingerprint density at radius 1 is 1.10 bits per heavy atom. The highest BCUT2D eigenvalue weighted by atomic mass is 19.3. The van der Waals surface area contributed by atoms with Crippen molar-refractivity contribution in [2.75, 3.05) is 19.0 Å². The van der Waals surface area contributed by atoms with Crippen molar-refractivity contribution < 1.29 is 37.4 Å². The molecule has 0 radical (unpaired) electrons. The Morgan fingerprint density at radius 2 is 1.80 bits per heavy atom. The lowest BCUT2D eigenvalue weighted by molar-refractivity contribution is -0.142. The highest BCUT2D eigenvalue weighted by Gasteiger charge is 2.11. The molecule has 0 aliphatic heterocycles. The fourth-order valence-electron chi connectivity index (χ4n) is 2.30. The van der Waals surface area contributed by atoms with Gasteiger partial charge in [-0.1, -0.05) is 18.2 Å². The summed E-state index contributed by atoms with van der Waals surface area (Å²) in [5, 5.41) is 2.56. The Balaban J connectivity index is 1.86. The summed E-state index contributed by atoms with van der Waals surface area (Å²) in [7, 11) is 1.25. The van der Waals surface area contributed by atoms with Crippen molar-refractivity contribution in [2.24, 2.45) is 0 Å². The van der Waals surface area contributed by atoms with Gasteiger partial charge in [-0.2, -0.15) is 8.78 Å². The fraction of sp³-hybridized carbons (Fsp3) is 0.190. The van der Waals surface area contributed by atoms with Gasteiger partial charge < -0.3 is 19.5 Å². The number of nitrogens with one attached hydrogen (secondary N) is 1. The average molecular weight is 419 g/mol. The van der Waals surface area contributed by atoms with Gasteiger partial charge in [0, 0.05) is 11.8 Å². The molecule has 0 saturated heterocycles. The largest absolute Gasteiger partial charge is 0.465 e. The molecular weight excluding hydrogens is 400 g/mol. The SMILES string of the molecule is COC(=O)c1ccc(C)c(NC(=O)COC(=O)/C=C/c2ccc(OC(F)F)cc2)c1. The van der Waals surface area contributed by atoms with E-state index in [0.717, 1.165) is 6.08 Å². The molecule has 1 N–H and O–H groups in total. The van der Waals surface area contributed by atoms with Gasteiger partial charge in [-0.15, -0.1) is 0 Å². The molecule has 0 fully saturated rings. The molecule has 0 aromatic heterocycles. The number of carbonyl (C=O) groups is 3. The van der Waals surface area contributed by atoms with Crippen LogP contribution in [-0.2, 0) is 19.1 Å². The molecule has 0 unspecified atom stereocenters. The predicted octanol–water partition coefficient (Wildman–Crippen LogP) is 3.58. The zero-order valence-electron chi connectivity index (χ0n) is 16.2. The number of benzene rings is 2. The van der Waals surface area contributed by atoms with E-state index in [9.17, 15) is 23.2 Å². The average Bonchev–Trinajstić information content (AvgIpc) is 2.72. The molecule has 0 atom stereocenters. The molecule has 0 heterocycles. The van der Waals surface area contributed by atoms with Gasteiger partial charge in [0.25, 0.3) is 5.91 Å². The van der Waals surface area contributed by atoms with Crippen LogP contribution in [0.5, 0.6) is 5.75 Å². The predicted molar refractivity (Wildman–Crippen MR) is 104 cm³/mol. The van der Waals surface area contributed by atoms with E-state index in [4.69, 9.17) is 4.74 Å². The van der Waals surface area contributed by atoms with E-state index >= 15 is 0 Å². The quantitative estimate of drug-likeness (QED) is 0.520. The van der Waals surface area contributed by atoms with Crippen LogP contribution < -0.4 is 10.1 Å². The Hall–Kier alpha value is -3.75. The Labute approximate surface area is 171 Å². The fourth-order valence-corrected chi connectivity index (χ4v) is 2.30.